The number of rotatable bonds is 7. The maximum atomic E-state index is 8.79. The van der Waals surface area contributed by atoms with E-state index in [1.54, 1.807) is 0 Å². The molecule has 0 rings (SSSR count). The topological polar surface area (TPSA) is 29.5 Å². The van der Waals surface area contributed by atoms with Crippen LogP contribution in [0.4, 0.5) is 0 Å². The third kappa shape index (κ3) is 4.94. The number of hydrogen-bond donors (Lipinski definition) is 1. The summed E-state index contributed by atoms with van der Waals surface area (Å²) in [5.74, 6) is 0.637. The zero-order chi connectivity index (χ0) is 13.7. The van der Waals surface area contributed by atoms with Crippen LogP contribution in [-0.2, 0) is 4.43 Å². The van der Waals surface area contributed by atoms with E-state index in [0.717, 1.165) is 13.0 Å². The van der Waals surface area contributed by atoms with Crippen molar-refractivity contribution in [3.8, 4) is 0 Å². The Balaban J connectivity index is 4.33. The zero-order valence-corrected chi connectivity index (χ0v) is 13.6. The van der Waals surface area contributed by atoms with Crippen LogP contribution in [0, 0.1) is 5.92 Å². The summed E-state index contributed by atoms with van der Waals surface area (Å²) in [6.07, 6.45) is 2.77. The molecule has 1 N–H and O–H groups in total. The first kappa shape index (κ1) is 16.9. The van der Waals surface area contributed by atoms with Gasteiger partial charge in [-0.2, -0.15) is 0 Å². The van der Waals surface area contributed by atoms with Gasteiger partial charge in [0.15, 0.2) is 8.32 Å². The molecule has 0 bridgehead atoms. The average molecular weight is 258 g/mol. The van der Waals surface area contributed by atoms with Crippen molar-refractivity contribution in [2.24, 2.45) is 5.92 Å². The Hall–Kier alpha value is -0.123. The van der Waals surface area contributed by atoms with Crippen LogP contribution >= 0.6 is 0 Å². The predicted octanol–water partition coefficient (Wildman–Crippen LogP) is 3.97. The Morgan fingerprint density at radius 3 is 2.29 bits per heavy atom. The Morgan fingerprint density at radius 2 is 1.88 bits per heavy atom. The van der Waals surface area contributed by atoms with Gasteiger partial charge in [-0.15, -0.1) is 0 Å². The lowest BCUT2D eigenvalue weighted by Crippen LogP contribution is -2.45. The van der Waals surface area contributed by atoms with Crippen LogP contribution < -0.4 is 0 Å². The van der Waals surface area contributed by atoms with E-state index in [1.165, 1.54) is 5.57 Å². The van der Waals surface area contributed by atoms with Gasteiger partial charge in [0.2, 0.25) is 0 Å². The Morgan fingerprint density at radius 1 is 1.35 bits per heavy atom. The summed E-state index contributed by atoms with van der Waals surface area (Å²) >= 11 is 0. The molecule has 0 aliphatic carbocycles. The molecule has 0 aliphatic heterocycles. The molecule has 0 aromatic rings. The van der Waals surface area contributed by atoms with Gasteiger partial charge in [0.25, 0.3) is 0 Å². The number of aliphatic hydroxyl groups is 1. The minimum atomic E-state index is -1.67. The lowest BCUT2D eigenvalue weighted by molar-refractivity contribution is 0.269. The highest BCUT2D eigenvalue weighted by atomic mass is 28.4. The second-order valence-corrected chi connectivity index (χ2v) is 10.8. The predicted molar refractivity (Wildman–Crippen MR) is 77.8 cm³/mol. The van der Waals surface area contributed by atoms with Gasteiger partial charge >= 0.3 is 0 Å². The van der Waals surface area contributed by atoms with E-state index in [4.69, 9.17) is 9.53 Å². The molecule has 0 aromatic heterocycles. The molecule has 0 atom stereocenters. The first-order valence-corrected chi connectivity index (χ1v) is 9.46. The van der Waals surface area contributed by atoms with Crippen molar-refractivity contribution in [1.82, 2.24) is 0 Å². The molecule has 0 aromatic carbocycles. The SMILES string of the molecule is C/C(=C\CO)CCO[Si](C)(C)C(C)(C)C(C)C. The Labute approximate surface area is 108 Å². The summed E-state index contributed by atoms with van der Waals surface area (Å²) in [5.41, 5.74) is 1.21. The highest BCUT2D eigenvalue weighted by molar-refractivity contribution is 6.74. The molecule has 0 amide bonds. The molecule has 0 unspecified atom stereocenters. The number of aliphatic hydroxyl groups excluding tert-OH is 1. The van der Waals surface area contributed by atoms with Gasteiger partial charge in [0, 0.05) is 6.61 Å². The van der Waals surface area contributed by atoms with Crippen molar-refractivity contribution in [3.05, 3.63) is 11.6 Å². The lowest BCUT2D eigenvalue weighted by atomic mass is 9.99. The highest BCUT2D eigenvalue weighted by Crippen LogP contribution is 2.44. The first-order chi connectivity index (χ1) is 7.65. The first-order valence-electron chi connectivity index (χ1n) is 6.55. The molecular formula is C14H30O2Si. The van der Waals surface area contributed by atoms with Crippen LogP contribution in [0.2, 0.25) is 18.1 Å². The molecule has 3 heteroatoms. The van der Waals surface area contributed by atoms with Gasteiger partial charge in [-0.3, -0.25) is 0 Å². The average Bonchev–Trinajstić information content (AvgIpc) is 2.17. The van der Waals surface area contributed by atoms with E-state index in [2.05, 4.69) is 40.8 Å². The third-order valence-corrected chi connectivity index (χ3v) is 9.00. The molecule has 0 saturated carbocycles. The lowest BCUT2D eigenvalue weighted by Gasteiger charge is -2.42. The second-order valence-electron chi connectivity index (χ2n) is 6.22. The van der Waals surface area contributed by atoms with E-state index >= 15 is 0 Å². The molecule has 102 valence electrons. The zero-order valence-electron chi connectivity index (χ0n) is 12.6. The molecule has 0 heterocycles. The van der Waals surface area contributed by atoms with Crippen LogP contribution in [0.25, 0.3) is 0 Å². The smallest absolute Gasteiger partial charge is 0.192 e. The molecule has 2 nitrogen and oxygen atoms in total. The fourth-order valence-corrected chi connectivity index (χ4v) is 3.98. The van der Waals surface area contributed by atoms with Gasteiger partial charge in [-0.25, -0.2) is 0 Å². The molecule has 0 spiro atoms. The van der Waals surface area contributed by atoms with Gasteiger partial charge in [-0.05, 0) is 37.4 Å². The monoisotopic (exact) mass is 258 g/mol. The summed E-state index contributed by atoms with van der Waals surface area (Å²) < 4.78 is 6.19. The van der Waals surface area contributed by atoms with Crippen molar-refractivity contribution < 1.29 is 9.53 Å². The molecule has 0 fully saturated rings. The minimum absolute atomic E-state index is 0.129. The molecular weight excluding hydrogens is 228 g/mol. The van der Waals surface area contributed by atoms with E-state index in [1.807, 2.05) is 13.0 Å². The summed E-state index contributed by atoms with van der Waals surface area (Å²) in [4.78, 5) is 0. The Kier molecular flexibility index (Phi) is 6.67. The summed E-state index contributed by atoms with van der Waals surface area (Å²) in [7, 11) is -1.67. The van der Waals surface area contributed by atoms with Gasteiger partial charge in [0.05, 0.1) is 6.61 Å². The summed E-state index contributed by atoms with van der Waals surface area (Å²) in [6, 6.07) is 0. The number of hydrogen-bond acceptors (Lipinski definition) is 2. The van der Waals surface area contributed by atoms with Gasteiger partial charge < -0.3 is 9.53 Å². The summed E-state index contributed by atoms with van der Waals surface area (Å²) in [5, 5.41) is 9.07. The fraction of sp³-hybridized carbons (Fsp3) is 0.857. The van der Waals surface area contributed by atoms with Crippen LogP contribution in [0.15, 0.2) is 11.6 Å². The third-order valence-electron chi connectivity index (χ3n) is 4.39. The molecule has 0 radical (unpaired) electrons. The highest BCUT2D eigenvalue weighted by Gasteiger charge is 2.42. The van der Waals surface area contributed by atoms with Crippen molar-refractivity contribution in [2.75, 3.05) is 13.2 Å². The van der Waals surface area contributed by atoms with Crippen molar-refractivity contribution >= 4 is 8.32 Å². The molecule has 17 heavy (non-hydrogen) atoms. The van der Waals surface area contributed by atoms with E-state index in [9.17, 15) is 0 Å². The van der Waals surface area contributed by atoms with E-state index in [0.29, 0.717) is 5.92 Å². The van der Waals surface area contributed by atoms with Crippen LogP contribution in [0.3, 0.4) is 0 Å². The van der Waals surface area contributed by atoms with Crippen molar-refractivity contribution in [3.63, 3.8) is 0 Å². The van der Waals surface area contributed by atoms with Gasteiger partial charge in [-0.1, -0.05) is 39.3 Å². The summed E-state index contributed by atoms with van der Waals surface area (Å²) in [6.45, 7) is 16.7. The van der Waals surface area contributed by atoms with Crippen LogP contribution in [0.5, 0.6) is 0 Å². The van der Waals surface area contributed by atoms with E-state index in [-0.39, 0.29) is 11.6 Å². The largest absolute Gasteiger partial charge is 0.416 e. The van der Waals surface area contributed by atoms with Gasteiger partial charge in [0.1, 0.15) is 0 Å². The second kappa shape index (κ2) is 6.71. The van der Waals surface area contributed by atoms with Crippen LogP contribution in [-0.4, -0.2) is 26.6 Å². The normalized spacial score (nSPS) is 14.5. The maximum absolute atomic E-state index is 8.79. The standard InChI is InChI=1S/C14H30O2Si/c1-12(2)14(4,5)17(6,7)16-11-9-13(3)8-10-15/h8,12,15H,9-11H2,1-7H3/b13-8+. The van der Waals surface area contributed by atoms with Crippen LogP contribution in [0.1, 0.15) is 41.0 Å². The fourth-order valence-electron chi connectivity index (χ4n) is 1.61. The molecule has 0 saturated heterocycles. The van der Waals surface area contributed by atoms with Crippen molar-refractivity contribution in [1.29, 1.82) is 0 Å². The Bertz CT molecular complexity index is 255. The van der Waals surface area contributed by atoms with E-state index < -0.39 is 8.32 Å². The quantitative estimate of drug-likeness (QED) is 0.553. The molecule has 0 aliphatic rings. The maximum Gasteiger partial charge on any atom is 0.192 e. The van der Waals surface area contributed by atoms with Crippen molar-refractivity contribution in [2.45, 2.75) is 59.2 Å². The minimum Gasteiger partial charge on any atom is -0.416 e.